The minimum absolute atomic E-state index is 0.0152. The Morgan fingerprint density at radius 3 is 2.66 bits per heavy atom. The Morgan fingerprint density at radius 2 is 1.97 bits per heavy atom. The SMILES string of the molecule is CNc1cc(-c2ccc(C#N)c(F)c2)n(-c2cccc(-c3cnn(SC)c3)c2)n1. The maximum absolute atomic E-state index is 14.2. The van der Waals surface area contributed by atoms with Crippen LogP contribution in [-0.4, -0.2) is 32.3 Å². The highest BCUT2D eigenvalue weighted by Crippen LogP contribution is 2.29. The summed E-state index contributed by atoms with van der Waals surface area (Å²) in [6.07, 6.45) is 5.73. The van der Waals surface area contributed by atoms with E-state index in [4.69, 9.17) is 5.26 Å². The van der Waals surface area contributed by atoms with Gasteiger partial charge in [-0.25, -0.2) is 13.2 Å². The average Bonchev–Trinajstić information content (AvgIpc) is 3.41. The number of benzene rings is 2. The van der Waals surface area contributed by atoms with Crippen molar-refractivity contribution in [3.63, 3.8) is 0 Å². The normalized spacial score (nSPS) is 10.7. The van der Waals surface area contributed by atoms with E-state index in [1.54, 1.807) is 21.9 Å². The van der Waals surface area contributed by atoms with E-state index < -0.39 is 5.82 Å². The summed E-state index contributed by atoms with van der Waals surface area (Å²) in [5.41, 5.74) is 4.20. The summed E-state index contributed by atoms with van der Waals surface area (Å²) in [6, 6.07) is 16.2. The van der Waals surface area contributed by atoms with Crippen LogP contribution in [-0.2, 0) is 0 Å². The van der Waals surface area contributed by atoms with E-state index in [9.17, 15) is 4.39 Å². The Hall–Kier alpha value is -3.57. The van der Waals surface area contributed by atoms with Crippen molar-refractivity contribution >= 4 is 17.8 Å². The molecule has 2 heterocycles. The lowest BCUT2D eigenvalue weighted by Gasteiger charge is -2.09. The zero-order valence-corrected chi connectivity index (χ0v) is 16.6. The molecule has 0 aliphatic rings. The molecule has 4 rings (SSSR count). The Balaban J connectivity index is 1.82. The van der Waals surface area contributed by atoms with Gasteiger partial charge in [-0.05, 0) is 41.8 Å². The molecule has 144 valence electrons. The van der Waals surface area contributed by atoms with Crippen LogP contribution in [0.4, 0.5) is 10.2 Å². The molecular formula is C21H17FN6S. The van der Waals surface area contributed by atoms with Crippen molar-refractivity contribution in [3.8, 4) is 34.1 Å². The molecule has 2 aromatic heterocycles. The number of aromatic nitrogens is 4. The second-order valence-electron chi connectivity index (χ2n) is 6.25. The van der Waals surface area contributed by atoms with Gasteiger partial charge < -0.3 is 5.32 Å². The van der Waals surface area contributed by atoms with Gasteiger partial charge in [0.2, 0.25) is 0 Å². The van der Waals surface area contributed by atoms with Crippen LogP contribution in [0.15, 0.2) is 60.9 Å². The Kier molecular flexibility index (Phi) is 5.06. The maximum Gasteiger partial charge on any atom is 0.148 e. The zero-order valence-electron chi connectivity index (χ0n) is 15.8. The molecule has 0 amide bonds. The van der Waals surface area contributed by atoms with Crippen molar-refractivity contribution in [2.45, 2.75) is 0 Å². The van der Waals surface area contributed by atoms with Gasteiger partial charge in [0, 0.05) is 36.7 Å². The summed E-state index contributed by atoms with van der Waals surface area (Å²) < 4.78 is 17.8. The van der Waals surface area contributed by atoms with E-state index in [1.807, 2.05) is 55.1 Å². The van der Waals surface area contributed by atoms with Gasteiger partial charge in [0.25, 0.3) is 0 Å². The number of nitrogens with zero attached hydrogens (tertiary/aromatic N) is 5. The van der Waals surface area contributed by atoms with Crippen LogP contribution in [0.5, 0.6) is 0 Å². The molecule has 0 aliphatic carbocycles. The third-order valence-corrected chi connectivity index (χ3v) is 5.10. The van der Waals surface area contributed by atoms with E-state index >= 15 is 0 Å². The van der Waals surface area contributed by atoms with Crippen LogP contribution in [0.2, 0.25) is 0 Å². The molecule has 1 N–H and O–H groups in total. The number of anilines is 1. The lowest BCUT2D eigenvalue weighted by atomic mass is 10.1. The molecule has 0 saturated heterocycles. The quantitative estimate of drug-likeness (QED) is 0.527. The van der Waals surface area contributed by atoms with E-state index in [-0.39, 0.29) is 5.56 Å². The molecule has 0 spiro atoms. The zero-order chi connectivity index (χ0) is 20.4. The first-order chi connectivity index (χ1) is 14.1. The van der Waals surface area contributed by atoms with E-state index in [2.05, 4.69) is 15.5 Å². The molecule has 0 saturated carbocycles. The molecule has 0 fully saturated rings. The highest BCUT2D eigenvalue weighted by Gasteiger charge is 2.14. The molecule has 0 radical (unpaired) electrons. The Labute approximate surface area is 171 Å². The number of nitrogens with one attached hydrogen (secondary N) is 1. The van der Waals surface area contributed by atoms with Gasteiger partial charge in [0.15, 0.2) is 0 Å². The van der Waals surface area contributed by atoms with Crippen molar-refractivity contribution < 1.29 is 4.39 Å². The largest absolute Gasteiger partial charge is 0.372 e. The number of hydrogen-bond donors (Lipinski definition) is 1. The first-order valence-corrected chi connectivity index (χ1v) is 9.99. The van der Waals surface area contributed by atoms with Gasteiger partial charge in [-0.2, -0.15) is 10.4 Å². The minimum atomic E-state index is -0.554. The standard InChI is InChI=1S/C21H17FN6S/c1-24-21-10-20(15-6-7-16(11-23)19(22)9-15)28(26-21)18-5-3-4-14(8-18)17-12-25-27(13-17)29-2/h3-10,12-13H,1-2H3,(H,24,26). The van der Waals surface area contributed by atoms with Gasteiger partial charge in [0.05, 0.1) is 23.1 Å². The number of halogens is 1. The lowest BCUT2D eigenvalue weighted by Crippen LogP contribution is -2.00. The topological polar surface area (TPSA) is 71.5 Å². The fraction of sp³-hybridized carbons (Fsp3) is 0.0952. The first kappa shape index (κ1) is 18.8. The van der Waals surface area contributed by atoms with Gasteiger partial charge in [-0.1, -0.05) is 18.2 Å². The van der Waals surface area contributed by atoms with Crippen LogP contribution in [0.3, 0.4) is 0 Å². The van der Waals surface area contributed by atoms with Crippen molar-refractivity contribution in [2.75, 3.05) is 18.6 Å². The van der Waals surface area contributed by atoms with E-state index in [0.717, 1.165) is 22.5 Å². The first-order valence-electron chi connectivity index (χ1n) is 8.80. The van der Waals surface area contributed by atoms with Crippen LogP contribution in [0.1, 0.15) is 5.56 Å². The van der Waals surface area contributed by atoms with Crippen molar-refractivity contribution in [3.05, 3.63) is 72.3 Å². The highest BCUT2D eigenvalue weighted by molar-refractivity contribution is 7.97. The number of nitriles is 1. The molecule has 0 aliphatic heterocycles. The number of hydrogen-bond acceptors (Lipinski definition) is 5. The lowest BCUT2D eigenvalue weighted by molar-refractivity contribution is 0.624. The summed E-state index contributed by atoms with van der Waals surface area (Å²) in [5.74, 6) is 0.104. The summed E-state index contributed by atoms with van der Waals surface area (Å²) in [5, 5.41) is 20.9. The summed E-state index contributed by atoms with van der Waals surface area (Å²) >= 11 is 1.52. The third kappa shape index (κ3) is 3.60. The molecule has 0 unspecified atom stereocenters. The van der Waals surface area contributed by atoms with E-state index in [0.29, 0.717) is 11.4 Å². The Morgan fingerprint density at radius 1 is 1.10 bits per heavy atom. The molecular weight excluding hydrogens is 387 g/mol. The van der Waals surface area contributed by atoms with Crippen molar-refractivity contribution in [1.29, 1.82) is 5.26 Å². The predicted octanol–water partition coefficient (Wildman–Crippen LogP) is 4.58. The summed E-state index contributed by atoms with van der Waals surface area (Å²) in [7, 11) is 1.78. The smallest absolute Gasteiger partial charge is 0.148 e. The molecule has 0 atom stereocenters. The summed E-state index contributed by atoms with van der Waals surface area (Å²) in [4.78, 5) is 0. The fourth-order valence-corrected chi connectivity index (χ4v) is 3.40. The summed E-state index contributed by atoms with van der Waals surface area (Å²) in [6.45, 7) is 0. The van der Waals surface area contributed by atoms with Gasteiger partial charge in [0.1, 0.15) is 17.7 Å². The predicted molar refractivity (Wildman–Crippen MR) is 113 cm³/mol. The molecule has 0 bridgehead atoms. The van der Waals surface area contributed by atoms with Crippen LogP contribution in [0.25, 0.3) is 28.1 Å². The number of rotatable bonds is 5. The second-order valence-corrected chi connectivity index (χ2v) is 6.99. The van der Waals surface area contributed by atoms with Gasteiger partial charge >= 0.3 is 0 Å². The highest BCUT2D eigenvalue weighted by atomic mass is 32.2. The third-order valence-electron chi connectivity index (χ3n) is 4.52. The monoisotopic (exact) mass is 404 g/mol. The maximum atomic E-state index is 14.2. The molecule has 29 heavy (non-hydrogen) atoms. The minimum Gasteiger partial charge on any atom is -0.372 e. The van der Waals surface area contributed by atoms with Gasteiger partial charge in [-0.3, -0.25) is 0 Å². The Bertz CT molecular complexity index is 1220. The molecule has 4 aromatic rings. The van der Waals surface area contributed by atoms with Crippen LogP contribution in [0, 0.1) is 17.1 Å². The second kappa shape index (κ2) is 7.81. The fourth-order valence-electron chi connectivity index (χ4n) is 3.04. The molecule has 6 nitrogen and oxygen atoms in total. The van der Waals surface area contributed by atoms with Crippen LogP contribution >= 0.6 is 11.9 Å². The van der Waals surface area contributed by atoms with Crippen molar-refractivity contribution in [2.24, 2.45) is 0 Å². The van der Waals surface area contributed by atoms with Crippen molar-refractivity contribution in [1.82, 2.24) is 19.0 Å². The van der Waals surface area contributed by atoms with E-state index in [1.165, 1.54) is 24.1 Å². The van der Waals surface area contributed by atoms with Gasteiger partial charge in [-0.15, -0.1) is 5.10 Å². The molecule has 8 heteroatoms. The average molecular weight is 404 g/mol. The molecule has 2 aromatic carbocycles. The van der Waals surface area contributed by atoms with Crippen LogP contribution < -0.4 is 5.32 Å².